The van der Waals surface area contributed by atoms with E-state index < -0.39 is 0 Å². The quantitative estimate of drug-likeness (QED) is 0.575. The van der Waals surface area contributed by atoms with Crippen LogP contribution in [0.25, 0.3) is 0 Å². The molecule has 0 aromatic carbocycles. The Morgan fingerprint density at radius 1 is 1.26 bits per heavy atom. The van der Waals surface area contributed by atoms with Gasteiger partial charge in [-0.25, -0.2) is 15.8 Å². The zero-order chi connectivity index (χ0) is 13.8. The van der Waals surface area contributed by atoms with E-state index in [0.29, 0.717) is 12.0 Å². The van der Waals surface area contributed by atoms with Crippen LogP contribution in [0, 0.1) is 11.8 Å². The van der Waals surface area contributed by atoms with Crippen LogP contribution in [-0.4, -0.2) is 16.0 Å². The van der Waals surface area contributed by atoms with Gasteiger partial charge in [-0.3, -0.25) is 0 Å². The Bertz CT molecular complexity index is 420. The minimum atomic E-state index is 0.495. The second kappa shape index (κ2) is 6.19. The average molecular weight is 263 g/mol. The summed E-state index contributed by atoms with van der Waals surface area (Å²) in [6.45, 7) is 6.76. The molecule has 5 heteroatoms. The van der Waals surface area contributed by atoms with Crippen molar-refractivity contribution in [2.24, 2.45) is 17.7 Å². The molecule has 1 aromatic rings. The minimum Gasteiger partial charge on any atom is -0.367 e. The van der Waals surface area contributed by atoms with Crippen molar-refractivity contribution in [3.8, 4) is 0 Å². The molecule has 3 atom stereocenters. The van der Waals surface area contributed by atoms with Crippen molar-refractivity contribution >= 4 is 11.6 Å². The van der Waals surface area contributed by atoms with Crippen molar-refractivity contribution in [3.63, 3.8) is 0 Å². The van der Waals surface area contributed by atoms with E-state index in [-0.39, 0.29) is 0 Å². The molecule has 5 nitrogen and oxygen atoms in total. The number of nitrogens with zero attached hydrogens (tertiary/aromatic N) is 2. The molecule has 106 valence electrons. The van der Waals surface area contributed by atoms with Gasteiger partial charge in [0.05, 0.1) is 0 Å². The SMILES string of the molecule is CCc1c(NN)ncnc1NC1CCCC(C)C1C. The van der Waals surface area contributed by atoms with Gasteiger partial charge in [0, 0.05) is 11.6 Å². The summed E-state index contributed by atoms with van der Waals surface area (Å²) < 4.78 is 0. The van der Waals surface area contributed by atoms with Gasteiger partial charge in [-0.1, -0.05) is 33.6 Å². The molecule has 3 unspecified atom stereocenters. The summed E-state index contributed by atoms with van der Waals surface area (Å²) in [5.41, 5.74) is 3.72. The first-order valence-electron chi connectivity index (χ1n) is 7.24. The summed E-state index contributed by atoms with van der Waals surface area (Å²) >= 11 is 0. The van der Waals surface area contributed by atoms with Gasteiger partial charge in [0.2, 0.25) is 0 Å². The minimum absolute atomic E-state index is 0.495. The summed E-state index contributed by atoms with van der Waals surface area (Å²) in [6.07, 6.45) is 6.26. The highest BCUT2D eigenvalue weighted by Gasteiger charge is 2.27. The van der Waals surface area contributed by atoms with Crippen LogP contribution in [0.2, 0.25) is 0 Å². The molecule has 1 aliphatic rings. The number of hydrazine groups is 1. The van der Waals surface area contributed by atoms with Gasteiger partial charge in [-0.05, 0) is 24.7 Å². The standard InChI is InChI=1S/C14H25N5/c1-4-11-13(16-8-17-14(11)19-15)18-12-7-5-6-9(2)10(12)3/h8-10,12H,4-7,15H2,1-3H3,(H2,16,17,18,19). The lowest BCUT2D eigenvalue weighted by Crippen LogP contribution is -2.35. The van der Waals surface area contributed by atoms with Crippen molar-refractivity contribution in [2.75, 3.05) is 10.7 Å². The third-order valence-electron chi connectivity index (χ3n) is 4.46. The van der Waals surface area contributed by atoms with Gasteiger partial charge in [-0.15, -0.1) is 0 Å². The molecule has 2 rings (SSSR count). The van der Waals surface area contributed by atoms with E-state index in [9.17, 15) is 0 Å². The summed E-state index contributed by atoms with van der Waals surface area (Å²) in [6, 6.07) is 0.495. The Kier molecular flexibility index (Phi) is 4.58. The van der Waals surface area contributed by atoms with E-state index >= 15 is 0 Å². The first-order chi connectivity index (χ1) is 9.17. The predicted octanol–water partition coefficient (Wildman–Crippen LogP) is 2.56. The highest BCUT2D eigenvalue weighted by molar-refractivity contribution is 5.57. The molecule has 1 aromatic heterocycles. The monoisotopic (exact) mass is 263 g/mol. The van der Waals surface area contributed by atoms with Crippen molar-refractivity contribution in [1.82, 2.24) is 9.97 Å². The molecule has 0 saturated heterocycles. The van der Waals surface area contributed by atoms with Gasteiger partial charge in [0.1, 0.15) is 18.0 Å². The molecule has 0 amide bonds. The number of anilines is 2. The average Bonchev–Trinajstić information content (AvgIpc) is 2.43. The van der Waals surface area contributed by atoms with Crippen LogP contribution < -0.4 is 16.6 Å². The van der Waals surface area contributed by atoms with Crippen molar-refractivity contribution < 1.29 is 0 Å². The summed E-state index contributed by atoms with van der Waals surface area (Å²) in [7, 11) is 0. The Morgan fingerprint density at radius 2 is 2.00 bits per heavy atom. The van der Waals surface area contributed by atoms with Gasteiger partial charge in [0.15, 0.2) is 0 Å². The van der Waals surface area contributed by atoms with Gasteiger partial charge < -0.3 is 10.7 Å². The van der Waals surface area contributed by atoms with Gasteiger partial charge in [-0.2, -0.15) is 0 Å². The second-order valence-corrected chi connectivity index (χ2v) is 5.57. The molecule has 0 radical (unpaired) electrons. The number of aromatic nitrogens is 2. The fourth-order valence-corrected chi connectivity index (χ4v) is 2.96. The van der Waals surface area contributed by atoms with Crippen LogP contribution in [0.1, 0.15) is 45.6 Å². The lowest BCUT2D eigenvalue weighted by molar-refractivity contribution is 0.253. The van der Waals surface area contributed by atoms with Crippen molar-refractivity contribution in [1.29, 1.82) is 0 Å². The molecule has 1 aliphatic carbocycles. The Hall–Kier alpha value is -1.36. The Labute approximate surface area is 115 Å². The van der Waals surface area contributed by atoms with Crippen molar-refractivity contribution in [3.05, 3.63) is 11.9 Å². The fraction of sp³-hybridized carbons (Fsp3) is 0.714. The maximum Gasteiger partial charge on any atom is 0.148 e. The molecule has 1 heterocycles. The molecule has 4 N–H and O–H groups in total. The number of rotatable bonds is 4. The molecule has 0 bridgehead atoms. The molecular formula is C14H25N5. The number of nitrogens with one attached hydrogen (secondary N) is 2. The van der Waals surface area contributed by atoms with Gasteiger partial charge in [0.25, 0.3) is 0 Å². The molecule has 0 spiro atoms. The number of hydrogen-bond acceptors (Lipinski definition) is 5. The Morgan fingerprint density at radius 3 is 2.68 bits per heavy atom. The van der Waals surface area contributed by atoms with E-state index in [2.05, 4.69) is 41.5 Å². The largest absolute Gasteiger partial charge is 0.367 e. The van der Waals surface area contributed by atoms with Crippen LogP contribution in [0.3, 0.4) is 0 Å². The van der Waals surface area contributed by atoms with Crippen LogP contribution in [0.5, 0.6) is 0 Å². The van der Waals surface area contributed by atoms with E-state index in [1.54, 1.807) is 6.33 Å². The van der Waals surface area contributed by atoms with E-state index in [1.165, 1.54) is 19.3 Å². The first kappa shape index (κ1) is 14.1. The number of hydrogen-bond donors (Lipinski definition) is 3. The van der Waals surface area contributed by atoms with Gasteiger partial charge >= 0.3 is 0 Å². The zero-order valence-electron chi connectivity index (χ0n) is 12.1. The van der Waals surface area contributed by atoms with Crippen LogP contribution in [0.15, 0.2) is 6.33 Å². The summed E-state index contributed by atoms with van der Waals surface area (Å²) in [5, 5.41) is 3.61. The van der Waals surface area contributed by atoms with E-state index in [4.69, 9.17) is 5.84 Å². The van der Waals surface area contributed by atoms with E-state index in [1.807, 2.05) is 0 Å². The maximum absolute atomic E-state index is 5.51. The highest BCUT2D eigenvalue weighted by Crippen LogP contribution is 2.32. The second-order valence-electron chi connectivity index (χ2n) is 5.57. The van der Waals surface area contributed by atoms with Crippen LogP contribution >= 0.6 is 0 Å². The molecule has 0 aliphatic heterocycles. The molecule has 1 fully saturated rings. The Balaban J connectivity index is 2.18. The number of nitrogens with two attached hydrogens (primary N) is 1. The first-order valence-corrected chi connectivity index (χ1v) is 7.24. The summed E-state index contributed by atoms with van der Waals surface area (Å²) in [5.74, 6) is 8.59. The third-order valence-corrected chi connectivity index (χ3v) is 4.46. The predicted molar refractivity (Wildman–Crippen MR) is 78.8 cm³/mol. The van der Waals surface area contributed by atoms with Crippen LogP contribution in [0.4, 0.5) is 11.6 Å². The smallest absolute Gasteiger partial charge is 0.148 e. The molecular weight excluding hydrogens is 238 g/mol. The molecule has 19 heavy (non-hydrogen) atoms. The number of nitrogen functional groups attached to an aromatic ring is 1. The van der Waals surface area contributed by atoms with E-state index in [0.717, 1.165) is 29.5 Å². The summed E-state index contributed by atoms with van der Waals surface area (Å²) in [4.78, 5) is 8.56. The fourth-order valence-electron chi connectivity index (χ4n) is 2.96. The van der Waals surface area contributed by atoms with Crippen molar-refractivity contribution in [2.45, 2.75) is 52.5 Å². The topological polar surface area (TPSA) is 75.9 Å². The maximum atomic E-state index is 5.51. The van der Waals surface area contributed by atoms with Crippen LogP contribution in [-0.2, 0) is 6.42 Å². The molecule has 1 saturated carbocycles. The highest BCUT2D eigenvalue weighted by atomic mass is 15.3. The normalized spacial score (nSPS) is 27.1. The lowest BCUT2D eigenvalue weighted by atomic mass is 9.78. The zero-order valence-corrected chi connectivity index (χ0v) is 12.1. The third kappa shape index (κ3) is 2.97. The lowest BCUT2D eigenvalue weighted by Gasteiger charge is -2.35.